The first-order chi connectivity index (χ1) is 15.0. The van der Waals surface area contributed by atoms with Crippen molar-refractivity contribution in [3.05, 3.63) is 45.7 Å². The molecule has 0 saturated heterocycles. The number of carbonyl (C=O) groups excluding carboxylic acids is 1. The van der Waals surface area contributed by atoms with Crippen LogP contribution in [0.15, 0.2) is 35.2 Å². The topological polar surface area (TPSA) is 76.1 Å². The van der Waals surface area contributed by atoms with Gasteiger partial charge in [-0.2, -0.15) is 0 Å². The van der Waals surface area contributed by atoms with Gasteiger partial charge in [-0.3, -0.25) is 0 Å². The van der Waals surface area contributed by atoms with E-state index in [0.29, 0.717) is 13.2 Å². The van der Waals surface area contributed by atoms with E-state index in [9.17, 15) is 9.59 Å². The summed E-state index contributed by atoms with van der Waals surface area (Å²) in [6.07, 6.45) is 3.23. The molecule has 0 aliphatic carbocycles. The molecule has 6 nitrogen and oxygen atoms in total. The largest absolute Gasteiger partial charge is 0.493 e. The lowest BCUT2D eigenvalue weighted by molar-refractivity contribution is -0.132. The summed E-state index contributed by atoms with van der Waals surface area (Å²) in [7, 11) is 1.72. The van der Waals surface area contributed by atoms with E-state index in [1.807, 2.05) is 50.4 Å². The van der Waals surface area contributed by atoms with Crippen molar-refractivity contribution in [2.75, 3.05) is 13.7 Å². The summed E-state index contributed by atoms with van der Waals surface area (Å²) < 4.78 is 11.5. The first-order valence-electron chi connectivity index (χ1n) is 10.7. The van der Waals surface area contributed by atoms with Crippen molar-refractivity contribution in [3.8, 4) is 16.9 Å². The van der Waals surface area contributed by atoms with Gasteiger partial charge in [-0.15, -0.1) is 11.3 Å². The third kappa shape index (κ3) is 7.71. The Bertz CT molecular complexity index is 971. The number of hydrogen-bond donors (Lipinski definition) is 1. The monoisotopic (exact) mass is 459 g/mol. The second kappa shape index (κ2) is 11.2. The second-order valence-electron chi connectivity index (χ2n) is 8.73. The summed E-state index contributed by atoms with van der Waals surface area (Å²) in [5.74, 6) is -0.227. The maximum Gasteiger partial charge on any atom is 0.410 e. The smallest absolute Gasteiger partial charge is 0.410 e. The number of benzene rings is 1. The van der Waals surface area contributed by atoms with Crippen LogP contribution in [0, 0.1) is 0 Å². The van der Waals surface area contributed by atoms with Crippen LogP contribution in [0.25, 0.3) is 17.2 Å². The SMILES string of the molecule is CCCCOc1cc(C=C(C)C(=O)O)ccc1-c1csc(CN(C)C(=O)OC(C)(C)C)c1. The van der Waals surface area contributed by atoms with E-state index in [4.69, 9.17) is 14.6 Å². The summed E-state index contributed by atoms with van der Waals surface area (Å²) in [4.78, 5) is 26.0. The summed E-state index contributed by atoms with van der Waals surface area (Å²) in [5.41, 5.74) is 2.44. The van der Waals surface area contributed by atoms with Crippen LogP contribution < -0.4 is 4.74 Å². The third-order valence-corrected chi connectivity index (χ3v) is 5.47. The Labute approximate surface area is 194 Å². The van der Waals surface area contributed by atoms with Gasteiger partial charge >= 0.3 is 12.1 Å². The predicted molar refractivity (Wildman–Crippen MR) is 129 cm³/mol. The van der Waals surface area contributed by atoms with Gasteiger partial charge in [-0.05, 0) is 68.8 Å². The van der Waals surface area contributed by atoms with Crippen molar-refractivity contribution in [3.63, 3.8) is 0 Å². The fraction of sp³-hybridized carbons (Fsp3) is 0.440. The highest BCUT2D eigenvalue weighted by Gasteiger charge is 2.20. The van der Waals surface area contributed by atoms with Crippen LogP contribution >= 0.6 is 11.3 Å². The molecule has 0 atom stereocenters. The molecule has 1 amide bonds. The van der Waals surface area contributed by atoms with E-state index in [2.05, 4.69) is 6.92 Å². The number of nitrogens with zero attached hydrogens (tertiary/aromatic N) is 1. The molecule has 7 heteroatoms. The molecular formula is C25H33NO5S. The van der Waals surface area contributed by atoms with Gasteiger partial charge < -0.3 is 19.5 Å². The average molecular weight is 460 g/mol. The van der Waals surface area contributed by atoms with Crippen LogP contribution in [0.3, 0.4) is 0 Å². The Balaban J connectivity index is 2.26. The van der Waals surface area contributed by atoms with Gasteiger partial charge in [0, 0.05) is 23.1 Å². The number of hydrogen-bond acceptors (Lipinski definition) is 5. The molecule has 1 N–H and O–H groups in total. The minimum absolute atomic E-state index is 0.264. The number of carboxylic acid groups (broad SMARTS) is 1. The first-order valence-corrected chi connectivity index (χ1v) is 11.6. The predicted octanol–water partition coefficient (Wildman–Crippen LogP) is 6.45. The molecule has 1 heterocycles. The van der Waals surface area contributed by atoms with E-state index < -0.39 is 11.6 Å². The van der Waals surface area contributed by atoms with Crippen LogP contribution in [-0.2, 0) is 16.1 Å². The number of rotatable bonds is 9. The highest BCUT2D eigenvalue weighted by atomic mass is 32.1. The zero-order valence-corrected chi connectivity index (χ0v) is 20.5. The molecule has 0 bridgehead atoms. The molecule has 2 aromatic rings. The Morgan fingerprint density at radius 3 is 2.56 bits per heavy atom. The minimum atomic E-state index is -0.945. The number of ether oxygens (including phenoxy) is 2. The third-order valence-electron chi connectivity index (χ3n) is 4.54. The fourth-order valence-corrected chi connectivity index (χ4v) is 3.80. The zero-order valence-electron chi connectivity index (χ0n) is 19.7. The van der Waals surface area contributed by atoms with Crippen molar-refractivity contribution in [1.29, 1.82) is 0 Å². The van der Waals surface area contributed by atoms with Crippen LogP contribution in [0.2, 0.25) is 0 Å². The second-order valence-corrected chi connectivity index (χ2v) is 9.72. The maximum atomic E-state index is 12.3. The van der Waals surface area contributed by atoms with Crippen molar-refractivity contribution in [2.24, 2.45) is 0 Å². The number of carbonyl (C=O) groups is 2. The minimum Gasteiger partial charge on any atom is -0.493 e. The highest BCUT2D eigenvalue weighted by molar-refractivity contribution is 7.10. The van der Waals surface area contributed by atoms with Gasteiger partial charge in [-0.1, -0.05) is 25.5 Å². The number of unbranched alkanes of at least 4 members (excludes halogenated alkanes) is 1. The van der Waals surface area contributed by atoms with Gasteiger partial charge in [0.05, 0.1) is 13.2 Å². The number of thiophene rings is 1. The maximum absolute atomic E-state index is 12.3. The number of carboxylic acids is 1. The molecule has 1 aromatic heterocycles. The molecule has 32 heavy (non-hydrogen) atoms. The molecule has 0 spiro atoms. The Morgan fingerprint density at radius 2 is 1.94 bits per heavy atom. The van der Waals surface area contributed by atoms with Crippen LogP contribution in [0.4, 0.5) is 4.79 Å². The van der Waals surface area contributed by atoms with Gasteiger partial charge in [-0.25, -0.2) is 9.59 Å². The summed E-state index contributed by atoms with van der Waals surface area (Å²) >= 11 is 1.57. The average Bonchev–Trinajstić information content (AvgIpc) is 3.15. The number of amides is 1. The van der Waals surface area contributed by atoms with Crippen LogP contribution in [0.1, 0.15) is 57.9 Å². The Kier molecular flexibility index (Phi) is 8.89. The van der Waals surface area contributed by atoms with Crippen LogP contribution in [-0.4, -0.2) is 41.3 Å². The van der Waals surface area contributed by atoms with Crippen molar-refractivity contribution < 1.29 is 24.2 Å². The van der Waals surface area contributed by atoms with E-state index in [1.165, 1.54) is 0 Å². The summed E-state index contributed by atoms with van der Waals surface area (Å²) in [6, 6.07) is 7.76. The van der Waals surface area contributed by atoms with Gasteiger partial charge in [0.2, 0.25) is 0 Å². The molecule has 0 saturated carbocycles. The number of aliphatic carboxylic acids is 1. The standard InChI is InChI=1S/C25H33NO5S/c1-7-8-11-30-22-13-18(12-17(2)23(27)28)9-10-21(22)19-14-20(32-16-19)15-26(6)24(29)31-25(3,4)5/h9-10,12-14,16H,7-8,11,15H2,1-6H3,(H,27,28). The lowest BCUT2D eigenvalue weighted by atomic mass is 10.0. The molecule has 0 unspecified atom stereocenters. The van der Waals surface area contributed by atoms with E-state index >= 15 is 0 Å². The molecule has 2 rings (SSSR count). The molecule has 1 aromatic carbocycles. The van der Waals surface area contributed by atoms with Gasteiger partial charge in [0.1, 0.15) is 11.4 Å². The van der Waals surface area contributed by atoms with Gasteiger partial charge in [0.15, 0.2) is 0 Å². The quantitative estimate of drug-likeness (QED) is 0.344. The highest BCUT2D eigenvalue weighted by Crippen LogP contribution is 2.35. The molecule has 0 aliphatic heterocycles. The normalized spacial score (nSPS) is 11.9. The Morgan fingerprint density at radius 1 is 1.22 bits per heavy atom. The van der Waals surface area contributed by atoms with Crippen molar-refractivity contribution >= 4 is 29.5 Å². The van der Waals surface area contributed by atoms with Crippen LogP contribution in [0.5, 0.6) is 5.75 Å². The lowest BCUT2D eigenvalue weighted by Gasteiger charge is -2.24. The van der Waals surface area contributed by atoms with Crippen molar-refractivity contribution in [2.45, 2.75) is 59.6 Å². The molecule has 0 radical (unpaired) electrons. The lowest BCUT2D eigenvalue weighted by Crippen LogP contribution is -2.33. The van der Waals surface area contributed by atoms with E-state index in [0.717, 1.165) is 40.2 Å². The fourth-order valence-electron chi connectivity index (χ4n) is 2.87. The zero-order chi connectivity index (χ0) is 23.9. The van der Waals surface area contributed by atoms with Crippen molar-refractivity contribution in [1.82, 2.24) is 4.90 Å². The summed E-state index contributed by atoms with van der Waals surface area (Å²) in [5, 5.41) is 11.2. The summed E-state index contributed by atoms with van der Waals surface area (Å²) in [6.45, 7) is 10.2. The molecular weight excluding hydrogens is 426 g/mol. The van der Waals surface area contributed by atoms with E-state index in [1.54, 1.807) is 36.3 Å². The first kappa shape index (κ1) is 25.5. The van der Waals surface area contributed by atoms with Gasteiger partial charge in [0.25, 0.3) is 0 Å². The van der Waals surface area contributed by atoms with E-state index in [-0.39, 0.29) is 11.7 Å². The molecule has 174 valence electrons. The Hall–Kier alpha value is -2.80. The molecule has 0 aliphatic rings. The molecule has 0 fully saturated rings.